The summed E-state index contributed by atoms with van der Waals surface area (Å²) in [6, 6.07) is 23.1. The molecule has 9 heteroatoms. The standard InChI is InChI=1S/C40H41N3O6/c1-26-5-9-29(10-6-26)33-23-43(25-40(48-4)15-17-49-18-16-40)24-34(38(33)45)35(44)19-27-7-11-28(12-8-27)32-20-31(22-42-39(32)41)30-13-14-36(46-2)37(21-30)47-3/h5-14,20-24H,15-19,25H2,1-4H3,(H2,41,42). The fourth-order valence-electron chi connectivity index (χ4n) is 6.33. The molecule has 0 saturated carbocycles. The zero-order valence-electron chi connectivity index (χ0n) is 28.3. The molecule has 2 N–H and O–H groups in total. The van der Waals surface area contributed by atoms with Crippen LogP contribution >= 0.6 is 0 Å². The van der Waals surface area contributed by atoms with E-state index in [1.165, 1.54) is 0 Å². The van der Waals surface area contributed by atoms with Crippen molar-refractivity contribution >= 4 is 11.6 Å². The zero-order valence-corrected chi connectivity index (χ0v) is 28.3. The zero-order chi connectivity index (χ0) is 34.5. The number of carbonyl (C=O) groups excluding carboxylic acids is 1. The van der Waals surface area contributed by atoms with Crippen molar-refractivity contribution in [3.63, 3.8) is 0 Å². The van der Waals surface area contributed by atoms with Gasteiger partial charge in [-0.15, -0.1) is 0 Å². The van der Waals surface area contributed by atoms with Gasteiger partial charge in [-0.1, -0.05) is 60.2 Å². The van der Waals surface area contributed by atoms with Crippen molar-refractivity contribution in [3.8, 4) is 44.9 Å². The molecule has 1 saturated heterocycles. The number of ketones is 1. The Morgan fingerprint density at radius 2 is 1.49 bits per heavy atom. The second-order valence-electron chi connectivity index (χ2n) is 12.5. The Labute approximate surface area is 286 Å². The highest BCUT2D eigenvalue weighted by Gasteiger charge is 2.33. The maximum atomic E-state index is 13.9. The summed E-state index contributed by atoms with van der Waals surface area (Å²) in [7, 11) is 4.91. The monoisotopic (exact) mass is 659 g/mol. The van der Waals surface area contributed by atoms with Crippen molar-refractivity contribution in [3.05, 3.63) is 118 Å². The van der Waals surface area contributed by atoms with Gasteiger partial charge >= 0.3 is 0 Å². The van der Waals surface area contributed by atoms with Crippen molar-refractivity contribution in [1.29, 1.82) is 0 Å². The van der Waals surface area contributed by atoms with Gasteiger partial charge in [-0.25, -0.2) is 4.98 Å². The molecular weight excluding hydrogens is 618 g/mol. The number of benzene rings is 3. The molecule has 0 spiro atoms. The summed E-state index contributed by atoms with van der Waals surface area (Å²) in [6.45, 7) is 3.70. The Morgan fingerprint density at radius 1 is 0.837 bits per heavy atom. The number of nitrogen functional groups attached to an aromatic ring is 1. The van der Waals surface area contributed by atoms with E-state index < -0.39 is 5.60 Å². The van der Waals surface area contributed by atoms with Gasteiger partial charge in [0, 0.05) is 74.9 Å². The number of pyridine rings is 2. The highest BCUT2D eigenvalue weighted by Crippen LogP contribution is 2.35. The molecule has 9 nitrogen and oxygen atoms in total. The molecule has 0 bridgehead atoms. The second kappa shape index (κ2) is 14.5. The largest absolute Gasteiger partial charge is 0.493 e. The minimum atomic E-state index is -0.443. The summed E-state index contributed by atoms with van der Waals surface area (Å²) < 4.78 is 24.4. The number of rotatable bonds is 11. The summed E-state index contributed by atoms with van der Waals surface area (Å²) in [5, 5.41) is 0. The molecule has 0 atom stereocenters. The lowest BCUT2D eigenvalue weighted by molar-refractivity contribution is -0.0986. The molecule has 3 heterocycles. The molecule has 49 heavy (non-hydrogen) atoms. The summed E-state index contributed by atoms with van der Waals surface area (Å²) in [5.41, 5.74) is 12.2. The minimum absolute atomic E-state index is 0.0650. The summed E-state index contributed by atoms with van der Waals surface area (Å²) >= 11 is 0. The van der Waals surface area contributed by atoms with Gasteiger partial charge in [0.15, 0.2) is 22.7 Å². The average molecular weight is 660 g/mol. The van der Waals surface area contributed by atoms with Crippen LogP contribution in [0, 0.1) is 6.92 Å². The number of aryl methyl sites for hydroxylation is 1. The van der Waals surface area contributed by atoms with Crippen LogP contribution in [-0.2, 0) is 22.4 Å². The summed E-state index contributed by atoms with van der Waals surface area (Å²) in [5.74, 6) is 1.39. The number of nitrogens with two attached hydrogens (primary N) is 1. The Bertz CT molecular complexity index is 2010. The SMILES string of the molecule is COc1ccc(-c2cnc(N)c(-c3ccc(CC(=O)c4cn(CC5(OC)CCOCC5)cc(-c5ccc(C)cc5)c4=O)cc3)c2)cc1OC. The third-order valence-corrected chi connectivity index (χ3v) is 9.31. The van der Waals surface area contributed by atoms with Gasteiger partial charge in [-0.2, -0.15) is 0 Å². The van der Waals surface area contributed by atoms with E-state index in [-0.39, 0.29) is 23.2 Å². The molecule has 0 aliphatic carbocycles. The van der Waals surface area contributed by atoms with Gasteiger partial charge in [0.25, 0.3) is 0 Å². The van der Waals surface area contributed by atoms with Gasteiger partial charge in [-0.05, 0) is 47.4 Å². The molecule has 1 aliphatic rings. The van der Waals surface area contributed by atoms with E-state index >= 15 is 0 Å². The molecule has 2 aromatic heterocycles. The maximum absolute atomic E-state index is 13.9. The normalized spacial score (nSPS) is 14.0. The molecular formula is C40H41N3O6. The van der Waals surface area contributed by atoms with Crippen LogP contribution in [0.1, 0.15) is 34.3 Å². The fourth-order valence-corrected chi connectivity index (χ4v) is 6.33. The van der Waals surface area contributed by atoms with E-state index in [1.807, 2.05) is 90.5 Å². The lowest BCUT2D eigenvalue weighted by Crippen LogP contribution is -2.42. The predicted octanol–water partition coefficient (Wildman–Crippen LogP) is 6.77. The topological polar surface area (TPSA) is 115 Å². The number of carbonyl (C=O) groups is 1. The van der Waals surface area contributed by atoms with E-state index in [0.29, 0.717) is 42.6 Å². The second-order valence-corrected chi connectivity index (χ2v) is 12.5. The highest BCUT2D eigenvalue weighted by atomic mass is 16.5. The number of Topliss-reactive ketones (excluding diaryl/α,β-unsaturated/α-hetero) is 1. The number of hydrogen-bond acceptors (Lipinski definition) is 8. The molecule has 0 radical (unpaired) electrons. The molecule has 0 amide bonds. The smallest absolute Gasteiger partial charge is 0.200 e. The maximum Gasteiger partial charge on any atom is 0.200 e. The Kier molecular flexibility index (Phi) is 9.94. The Balaban J connectivity index is 1.28. The van der Waals surface area contributed by atoms with Crippen LogP contribution in [0.25, 0.3) is 33.4 Å². The van der Waals surface area contributed by atoms with Gasteiger partial charge in [-0.3, -0.25) is 9.59 Å². The third-order valence-electron chi connectivity index (χ3n) is 9.31. The average Bonchev–Trinajstić information content (AvgIpc) is 3.13. The third kappa shape index (κ3) is 7.28. The fraction of sp³-hybridized carbons (Fsp3) is 0.275. The lowest BCUT2D eigenvalue weighted by Gasteiger charge is -2.36. The van der Waals surface area contributed by atoms with Crippen LogP contribution in [0.3, 0.4) is 0 Å². The van der Waals surface area contributed by atoms with E-state index in [2.05, 4.69) is 4.98 Å². The van der Waals surface area contributed by atoms with Crippen molar-refractivity contribution in [2.24, 2.45) is 0 Å². The Hall–Kier alpha value is -5.25. The van der Waals surface area contributed by atoms with Gasteiger partial charge in [0.05, 0.1) is 31.9 Å². The van der Waals surface area contributed by atoms with Gasteiger partial charge < -0.3 is 29.2 Å². The van der Waals surface area contributed by atoms with Crippen LogP contribution < -0.4 is 20.6 Å². The van der Waals surface area contributed by atoms with Gasteiger partial charge in [0.2, 0.25) is 0 Å². The summed E-state index contributed by atoms with van der Waals surface area (Å²) in [4.78, 5) is 32.2. The van der Waals surface area contributed by atoms with E-state index in [0.717, 1.165) is 51.8 Å². The molecule has 0 unspecified atom stereocenters. The van der Waals surface area contributed by atoms with Crippen molar-refractivity contribution in [1.82, 2.24) is 9.55 Å². The number of nitrogens with zero attached hydrogens (tertiary/aromatic N) is 2. The highest BCUT2D eigenvalue weighted by molar-refractivity contribution is 5.98. The van der Waals surface area contributed by atoms with E-state index in [1.54, 1.807) is 33.7 Å². The first-order chi connectivity index (χ1) is 23.7. The predicted molar refractivity (Wildman–Crippen MR) is 191 cm³/mol. The number of anilines is 1. The van der Waals surface area contributed by atoms with Crippen LogP contribution in [-0.4, -0.2) is 55.5 Å². The Morgan fingerprint density at radius 3 is 2.16 bits per heavy atom. The number of methoxy groups -OCH3 is 3. The van der Waals surface area contributed by atoms with Crippen molar-refractivity contribution in [2.75, 3.05) is 40.3 Å². The number of ether oxygens (including phenoxy) is 4. The number of aromatic nitrogens is 2. The van der Waals surface area contributed by atoms with Crippen LogP contribution in [0.15, 0.2) is 96.2 Å². The molecule has 252 valence electrons. The van der Waals surface area contributed by atoms with Crippen LogP contribution in [0.4, 0.5) is 5.82 Å². The van der Waals surface area contributed by atoms with E-state index in [4.69, 9.17) is 24.7 Å². The molecule has 1 fully saturated rings. The van der Waals surface area contributed by atoms with Crippen LogP contribution in [0.2, 0.25) is 0 Å². The molecule has 6 rings (SSSR count). The summed E-state index contributed by atoms with van der Waals surface area (Å²) in [6.07, 6.45) is 6.75. The van der Waals surface area contributed by atoms with Crippen LogP contribution in [0.5, 0.6) is 11.5 Å². The van der Waals surface area contributed by atoms with Crippen molar-refractivity contribution in [2.45, 2.75) is 38.3 Å². The molecule has 1 aliphatic heterocycles. The molecule has 5 aromatic rings. The quantitative estimate of drug-likeness (QED) is 0.155. The van der Waals surface area contributed by atoms with Gasteiger partial charge in [0.1, 0.15) is 5.82 Å². The first kappa shape index (κ1) is 33.6. The minimum Gasteiger partial charge on any atom is -0.493 e. The first-order valence-corrected chi connectivity index (χ1v) is 16.3. The molecule has 3 aromatic carbocycles. The van der Waals surface area contributed by atoms with Crippen molar-refractivity contribution < 1.29 is 23.7 Å². The lowest BCUT2D eigenvalue weighted by atomic mass is 9.93. The van der Waals surface area contributed by atoms with E-state index in [9.17, 15) is 9.59 Å². The number of hydrogen-bond donors (Lipinski definition) is 1. The first-order valence-electron chi connectivity index (χ1n) is 16.3.